The van der Waals surface area contributed by atoms with E-state index in [1.54, 1.807) is 12.1 Å². The van der Waals surface area contributed by atoms with E-state index in [0.29, 0.717) is 19.3 Å². The Morgan fingerprint density at radius 3 is 2.88 bits per heavy atom. The largest absolute Gasteiger partial charge is 0.508 e. The predicted molar refractivity (Wildman–Crippen MR) is 57.5 cm³/mol. The van der Waals surface area contributed by atoms with Crippen molar-refractivity contribution in [3.05, 3.63) is 29.3 Å². The average molecular weight is 222 g/mol. The van der Waals surface area contributed by atoms with Gasteiger partial charge in [-0.1, -0.05) is 12.1 Å². The number of hydrogen-bond acceptors (Lipinski definition) is 3. The summed E-state index contributed by atoms with van der Waals surface area (Å²) in [5.74, 6) is -0.698. The van der Waals surface area contributed by atoms with E-state index in [2.05, 4.69) is 0 Å². The summed E-state index contributed by atoms with van der Waals surface area (Å²) in [4.78, 5) is 11.2. The molecule has 16 heavy (non-hydrogen) atoms. The van der Waals surface area contributed by atoms with E-state index < -0.39 is 11.6 Å². The van der Waals surface area contributed by atoms with Crippen LogP contribution in [0.1, 0.15) is 17.5 Å². The molecule has 2 N–H and O–H groups in total. The maximum Gasteiger partial charge on any atom is 0.336 e. The molecular formula is C12H14O4. The molecule has 86 valence electrons. The maximum atomic E-state index is 11.2. The molecule has 1 aromatic carbocycles. The van der Waals surface area contributed by atoms with Gasteiger partial charge in [0.1, 0.15) is 5.75 Å². The summed E-state index contributed by atoms with van der Waals surface area (Å²) in [7, 11) is 1.42. The molecule has 1 atom stereocenters. The highest BCUT2D eigenvalue weighted by molar-refractivity contribution is 5.78. The molecule has 0 spiro atoms. The van der Waals surface area contributed by atoms with Crippen molar-refractivity contribution in [1.82, 2.24) is 0 Å². The van der Waals surface area contributed by atoms with Crippen molar-refractivity contribution in [2.75, 3.05) is 7.11 Å². The fraction of sp³-hybridized carbons (Fsp3) is 0.417. The van der Waals surface area contributed by atoms with Crippen molar-refractivity contribution < 1.29 is 19.7 Å². The summed E-state index contributed by atoms with van der Waals surface area (Å²) < 4.78 is 5.16. The van der Waals surface area contributed by atoms with E-state index in [9.17, 15) is 15.0 Å². The summed E-state index contributed by atoms with van der Waals surface area (Å²) in [5.41, 5.74) is 0.563. The Balaban J connectivity index is 2.40. The number of carboxylic acid groups (broad SMARTS) is 1. The van der Waals surface area contributed by atoms with Crippen LogP contribution in [0.2, 0.25) is 0 Å². The number of ether oxygens (including phenoxy) is 1. The molecule has 0 aliphatic heterocycles. The normalized spacial score (nSPS) is 23.8. The van der Waals surface area contributed by atoms with Gasteiger partial charge in [0.05, 0.1) is 0 Å². The number of rotatable bonds is 2. The Morgan fingerprint density at radius 2 is 2.25 bits per heavy atom. The minimum Gasteiger partial charge on any atom is -0.508 e. The molecule has 0 amide bonds. The third kappa shape index (κ3) is 1.55. The van der Waals surface area contributed by atoms with Gasteiger partial charge in [0.15, 0.2) is 5.60 Å². The van der Waals surface area contributed by atoms with Crippen molar-refractivity contribution in [3.63, 3.8) is 0 Å². The summed E-state index contributed by atoms with van der Waals surface area (Å²) in [6.07, 6.45) is 1.23. The quantitative estimate of drug-likeness (QED) is 0.792. The van der Waals surface area contributed by atoms with Crippen molar-refractivity contribution in [2.45, 2.75) is 24.9 Å². The second-order valence-electron chi connectivity index (χ2n) is 4.10. The zero-order valence-electron chi connectivity index (χ0n) is 9.06. The molecule has 1 aliphatic rings. The first-order valence-corrected chi connectivity index (χ1v) is 5.17. The number of fused-ring (bicyclic) bond motifs is 1. The summed E-state index contributed by atoms with van der Waals surface area (Å²) in [5, 5.41) is 18.8. The van der Waals surface area contributed by atoms with Gasteiger partial charge in [-0.2, -0.15) is 0 Å². The Bertz CT molecular complexity index is 427. The summed E-state index contributed by atoms with van der Waals surface area (Å²) in [6.45, 7) is 0. The molecule has 1 aliphatic carbocycles. The lowest BCUT2D eigenvalue weighted by molar-refractivity contribution is -0.163. The predicted octanol–water partition coefficient (Wildman–Crippen LogP) is 1.35. The van der Waals surface area contributed by atoms with E-state index in [0.717, 1.165) is 11.1 Å². The Morgan fingerprint density at radius 1 is 1.50 bits per heavy atom. The van der Waals surface area contributed by atoms with Crippen LogP contribution in [0.5, 0.6) is 5.75 Å². The molecule has 0 fully saturated rings. The van der Waals surface area contributed by atoms with Crippen molar-refractivity contribution in [2.24, 2.45) is 0 Å². The number of methoxy groups -OCH3 is 1. The van der Waals surface area contributed by atoms with Gasteiger partial charge in [0.25, 0.3) is 0 Å². The lowest BCUT2D eigenvalue weighted by Crippen LogP contribution is -2.45. The van der Waals surface area contributed by atoms with E-state index in [1.807, 2.05) is 6.07 Å². The SMILES string of the molecule is COC1(C(=O)O)CCc2c(O)cccc2C1. The lowest BCUT2D eigenvalue weighted by Gasteiger charge is -2.33. The molecular weight excluding hydrogens is 208 g/mol. The van der Waals surface area contributed by atoms with Gasteiger partial charge in [0.2, 0.25) is 0 Å². The molecule has 0 aromatic heterocycles. The summed E-state index contributed by atoms with van der Waals surface area (Å²) in [6, 6.07) is 5.19. The Hall–Kier alpha value is -1.55. The first-order valence-electron chi connectivity index (χ1n) is 5.17. The van der Waals surface area contributed by atoms with Crippen LogP contribution in [0.4, 0.5) is 0 Å². The Kier molecular flexibility index (Phi) is 2.59. The number of phenolic OH excluding ortho intramolecular Hbond substituents is 1. The molecule has 0 saturated heterocycles. The Labute approximate surface area is 93.5 Å². The highest BCUT2D eigenvalue weighted by Crippen LogP contribution is 2.35. The average Bonchev–Trinajstić information content (AvgIpc) is 2.28. The molecule has 4 nitrogen and oxygen atoms in total. The van der Waals surface area contributed by atoms with Crippen LogP contribution < -0.4 is 0 Å². The number of aliphatic carboxylic acids is 1. The fourth-order valence-corrected chi connectivity index (χ4v) is 2.24. The molecule has 1 unspecified atom stereocenters. The molecule has 0 heterocycles. The van der Waals surface area contributed by atoms with Gasteiger partial charge in [-0.3, -0.25) is 0 Å². The van der Waals surface area contributed by atoms with Gasteiger partial charge in [-0.25, -0.2) is 4.79 Å². The van der Waals surface area contributed by atoms with Crippen LogP contribution in [-0.2, 0) is 22.4 Å². The number of carboxylic acids is 1. The zero-order chi connectivity index (χ0) is 11.8. The van der Waals surface area contributed by atoms with Crippen LogP contribution in [0.25, 0.3) is 0 Å². The van der Waals surface area contributed by atoms with Gasteiger partial charge < -0.3 is 14.9 Å². The molecule has 1 aromatic rings. The van der Waals surface area contributed by atoms with Crippen LogP contribution in [0.3, 0.4) is 0 Å². The maximum absolute atomic E-state index is 11.2. The van der Waals surface area contributed by atoms with Crippen LogP contribution >= 0.6 is 0 Å². The number of phenols is 1. The standard InChI is InChI=1S/C12H14O4/c1-16-12(11(14)15)6-5-9-8(7-12)3-2-4-10(9)13/h2-4,13H,5-7H2,1H3,(H,14,15). The fourth-order valence-electron chi connectivity index (χ4n) is 2.24. The number of hydrogen-bond donors (Lipinski definition) is 2. The highest BCUT2D eigenvalue weighted by atomic mass is 16.5. The number of aromatic hydroxyl groups is 1. The smallest absolute Gasteiger partial charge is 0.336 e. The number of carbonyl (C=O) groups is 1. The molecule has 4 heteroatoms. The van der Waals surface area contributed by atoms with Crippen LogP contribution in [0, 0.1) is 0 Å². The molecule has 0 bridgehead atoms. The molecule has 0 saturated carbocycles. The summed E-state index contributed by atoms with van der Waals surface area (Å²) >= 11 is 0. The molecule has 2 rings (SSSR count). The number of benzene rings is 1. The first-order chi connectivity index (χ1) is 7.59. The third-order valence-electron chi connectivity index (χ3n) is 3.28. The van der Waals surface area contributed by atoms with Gasteiger partial charge in [-0.15, -0.1) is 0 Å². The first kappa shape index (κ1) is 11.0. The van der Waals surface area contributed by atoms with E-state index in [-0.39, 0.29) is 5.75 Å². The van der Waals surface area contributed by atoms with Crippen molar-refractivity contribution in [1.29, 1.82) is 0 Å². The monoisotopic (exact) mass is 222 g/mol. The van der Waals surface area contributed by atoms with E-state index in [1.165, 1.54) is 7.11 Å². The van der Waals surface area contributed by atoms with E-state index >= 15 is 0 Å². The van der Waals surface area contributed by atoms with Crippen LogP contribution in [0.15, 0.2) is 18.2 Å². The van der Waals surface area contributed by atoms with Crippen LogP contribution in [-0.4, -0.2) is 28.9 Å². The van der Waals surface area contributed by atoms with Gasteiger partial charge in [-0.05, 0) is 30.0 Å². The zero-order valence-corrected chi connectivity index (χ0v) is 9.06. The molecule has 0 radical (unpaired) electrons. The minimum absolute atomic E-state index is 0.243. The van der Waals surface area contributed by atoms with Crippen molar-refractivity contribution in [3.8, 4) is 5.75 Å². The second kappa shape index (κ2) is 3.79. The topological polar surface area (TPSA) is 66.8 Å². The highest BCUT2D eigenvalue weighted by Gasteiger charge is 2.42. The van der Waals surface area contributed by atoms with Crippen molar-refractivity contribution >= 4 is 5.97 Å². The lowest BCUT2D eigenvalue weighted by atomic mass is 9.80. The van der Waals surface area contributed by atoms with E-state index in [4.69, 9.17) is 4.74 Å². The second-order valence-corrected chi connectivity index (χ2v) is 4.10. The van der Waals surface area contributed by atoms with Gasteiger partial charge in [0, 0.05) is 13.5 Å². The van der Waals surface area contributed by atoms with Gasteiger partial charge >= 0.3 is 5.97 Å². The third-order valence-corrected chi connectivity index (χ3v) is 3.28. The minimum atomic E-state index is -1.14.